The van der Waals surface area contributed by atoms with Gasteiger partial charge in [-0.05, 0) is 36.2 Å². The number of hydrogen-bond acceptors (Lipinski definition) is 3. The summed E-state index contributed by atoms with van der Waals surface area (Å²) in [6.45, 7) is 2.40. The lowest BCUT2D eigenvalue weighted by Gasteiger charge is -2.07. The molecule has 100 valence electrons. The van der Waals surface area contributed by atoms with Gasteiger partial charge in [0.05, 0.1) is 30.3 Å². The summed E-state index contributed by atoms with van der Waals surface area (Å²) in [5.74, 6) is -0.0558. The van der Waals surface area contributed by atoms with Gasteiger partial charge in [-0.1, -0.05) is 18.2 Å². The van der Waals surface area contributed by atoms with E-state index in [-0.39, 0.29) is 5.91 Å². The Morgan fingerprint density at radius 1 is 1.30 bits per heavy atom. The number of nitrogens with zero attached hydrogens (tertiary/aromatic N) is 2. The van der Waals surface area contributed by atoms with Crippen molar-refractivity contribution in [3.05, 3.63) is 65.0 Å². The topological polar surface area (TPSA) is 65.8 Å². The fourth-order valence-electron chi connectivity index (χ4n) is 1.83. The Morgan fingerprint density at radius 2 is 2.05 bits per heavy atom. The minimum atomic E-state index is -0.0558. The lowest BCUT2D eigenvalue weighted by Crippen LogP contribution is -2.25. The molecule has 0 saturated carbocycles. The number of nitriles is 1. The van der Waals surface area contributed by atoms with Crippen molar-refractivity contribution in [1.29, 1.82) is 5.26 Å². The SMILES string of the molecule is Cc1cccnc1CNC(=O)Cc1ccc(C#N)cc1. The van der Waals surface area contributed by atoms with E-state index in [2.05, 4.69) is 16.4 Å². The van der Waals surface area contributed by atoms with Crippen LogP contribution in [-0.4, -0.2) is 10.9 Å². The average Bonchev–Trinajstić information content (AvgIpc) is 2.47. The normalized spacial score (nSPS) is 9.80. The maximum atomic E-state index is 11.8. The Morgan fingerprint density at radius 3 is 2.70 bits per heavy atom. The van der Waals surface area contributed by atoms with Gasteiger partial charge in [0.15, 0.2) is 0 Å². The maximum Gasteiger partial charge on any atom is 0.224 e. The molecule has 1 aromatic heterocycles. The van der Waals surface area contributed by atoms with Gasteiger partial charge in [0, 0.05) is 6.20 Å². The standard InChI is InChI=1S/C16H15N3O/c1-12-3-2-8-18-15(12)11-19-16(20)9-13-4-6-14(10-17)7-5-13/h2-8H,9,11H2,1H3,(H,19,20). The fourth-order valence-corrected chi connectivity index (χ4v) is 1.83. The summed E-state index contributed by atoms with van der Waals surface area (Å²) in [4.78, 5) is 16.1. The molecule has 4 heteroatoms. The molecule has 1 heterocycles. The number of aromatic nitrogens is 1. The summed E-state index contributed by atoms with van der Waals surface area (Å²) < 4.78 is 0. The third kappa shape index (κ3) is 3.66. The molecule has 4 nitrogen and oxygen atoms in total. The molecule has 0 atom stereocenters. The van der Waals surface area contributed by atoms with Gasteiger partial charge in [-0.2, -0.15) is 5.26 Å². The number of benzene rings is 1. The van der Waals surface area contributed by atoms with Crippen molar-refractivity contribution in [2.75, 3.05) is 0 Å². The molecule has 0 aliphatic rings. The van der Waals surface area contributed by atoms with Crippen LogP contribution >= 0.6 is 0 Å². The summed E-state index contributed by atoms with van der Waals surface area (Å²) in [6, 6.07) is 12.9. The lowest BCUT2D eigenvalue weighted by molar-refractivity contribution is -0.120. The number of pyridine rings is 1. The molecule has 0 fully saturated rings. The van der Waals surface area contributed by atoms with Crippen LogP contribution in [0.2, 0.25) is 0 Å². The summed E-state index contributed by atoms with van der Waals surface area (Å²) in [5, 5.41) is 11.6. The maximum absolute atomic E-state index is 11.8. The fraction of sp³-hybridized carbons (Fsp3) is 0.188. The highest BCUT2D eigenvalue weighted by Gasteiger charge is 2.05. The largest absolute Gasteiger partial charge is 0.350 e. The molecule has 2 aromatic rings. The van der Waals surface area contributed by atoms with E-state index in [0.717, 1.165) is 16.8 Å². The van der Waals surface area contributed by atoms with E-state index in [1.165, 1.54) is 0 Å². The number of carbonyl (C=O) groups is 1. The summed E-state index contributed by atoms with van der Waals surface area (Å²) in [7, 11) is 0. The van der Waals surface area contributed by atoms with Crippen molar-refractivity contribution >= 4 is 5.91 Å². The minimum Gasteiger partial charge on any atom is -0.350 e. The summed E-state index contributed by atoms with van der Waals surface area (Å²) in [6.07, 6.45) is 2.02. The van der Waals surface area contributed by atoms with Gasteiger partial charge in [0.25, 0.3) is 0 Å². The van der Waals surface area contributed by atoms with Gasteiger partial charge in [0.1, 0.15) is 0 Å². The molecule has 1 amide bonds. The zero-order valence-electron chi connectivity index (χ0n) is 11.3. The third-order valence-electron chi connectivity index (χ3n) is 3.02. The monoisotopic (exact) mass is 265 g/mol. The first-order valence-corrected chi connectivity index (χ1v) is 6.35. The van der Waals surface area contributed by atoms with Crippen LogP contribution < -0.4 is 5.32 Å². The molecule has 0 spiro atoms. The Bertz CT molecular complexity index is 642. The molecule has 0 aliphatic heterocycles. The van der Waals surface area contributed by atoms with Gasteiger partial charge in [-0.15, -0.1) is 0 Å². The number of aryl methyl sites for hydroxylation is 1. The van der Waals surface area contributed by atoms with Gasteiger partial charge in [0.2, 0.25) is 5.91 Å². The minimum absolute atomic E-state index is 0.0558. The molecular weight excluding hydrogens is 250 g/mol. The first-order valence-electron chi connectivity index (χ1n) is 6.35. The van der Waals surface area contributed by atoms with E-state index in [4.69, 9.17) is 5.26 Å². The molecule has 20 heavy (non-hydrogen) atoms. The second-order valence-corrected chi connectivity index (χ2v) is 4.53. The van der Waals surface area contributed by atoms with Crippen LogP contribution in [0.1, 0.15) is 22.4 Å². The quantitative estimate of drug-likeness (QED) is 0.920. The zero-order valence-corrected chi connectivity index (χ0v) is 11.3. The summed E-state index contributed by atoms with van der Waals surface area (Å²) >= 11 is 0. The van der Waals surface area contributed by atoms with Crippen molar-refractivity contribution in [2.45, 2.75) is 19.9 Å². The number of hydrogen-bond donors (Lipinski definition) is 1. The predicted molar refractivity (Wildman–Crippen MR) is 75.7 cm³/mol. The average molecular weight is 265 g/mol. The second-order valence-electron chi connectivity index (χ2n) is 4.53. The highest BCUT2D eigenvalue weighted by atomic mass is 16.1. The van der Waals surface area contributed by atoms with Crippen LogP contribution in [0, 0.1) is 18.3 Å². The molecule has 1 N–H and O–H groups in total. The molecule has 2 rings (SSSR count). The smallest absolute Gasteiger partial charge is 0.224 e. The Kier molecular flexibility index (Phi) is 4.46. The Hall–Kier alpha value is -2.67. The van der Waals surface area contributed by atoms with Crippen LogP contribution in [0.4, 0.5) is 0 Å². The van der Waals surface area contributed by atoms with E-state index in [0.29, 0.717) is 18.5 Å². The number of nitrogens with one attached hydrogen (secondary N) is 1. The van der Waals surface area contributed by atoms with Crippen LogP contribution in [0.15, 0.2) is 42.6 Å². The van der Waals surface area contributed by atoms with Crippen LogP contribution in [0.3, 0.4) is 0 Å². The van der Waals surface area contributed by atoms with Crippen molar-refractivity contribution in [3.63, 3.8) is 0 Å². The van der Waals surface area contributed by atoms with Crippen LogP contribution in [-0.2, 0) is 17.8 Å². The zero-order chi connectivity index (χ0) is 14.4. The van der Waals surface area contributed by atoms with Crippen molar-refractivity contribution < 1.29 is 4.79 Å². The number of rotatable bonds is 4. The van der Waals surface area contributed by atoms with E-state index in [1.807, 2.05) is 19.1 Å². The predicted octanol–water partition coefficient (Wildman–Crippen LogP) is 2.12. The molecule has 0 radical (unpaired) electrons. The Labute approximate surface area is 118 Å². The van der Waals surface area contributed by atoms with Crippen molar-refractivity contribution in [2.24, 2.45) is 0 Å². The van der Waals surface area contributed by atoms with Gasteiger partial charge in [-0.25, -0.2) is 0 Å². The van der Waals surface area contributed by atoms with Crippen molar-refractivity contribution in [3.8, 4) is 6.07 Å². The van der Waals surface area contributed by atoms with Gasteiger partial charge >= 0.3 is 0 Å². The van der Waals surface area contributed by atoms with Gasteiger partial charge < -0.3 is 5.32 Å². The second kappa shape index (κ2) is 6.48. The van der Waals surface area contributed by atoms with Crippen molar-refractivity contribution in [1.82, 2.24) is 10.3 Å². The number of amides is 1. The third-order valence-corrected chi connectivity index (χ3v) is 3.02. The first-order chi connectivity index (χ1) is 9.69. The summed E-state index contributed by atoms with van der Waals surface area (Å²) in [5.41, 5.74) is 3.42. The highest BCUT2D eigenvalue weighted by Crippen LogP contribution is 2.05. The van der Waals surface area contributed by atoms with Gasteiger partial charge in [-0.3, -0.25) is 9.78 Å². The van der Waals surface area contributed by atoms with E-state index >= 15 is 0 Å². The van der Waals surface area contributed by atoms with E-state index in [9.17, 15) is 4.79 Å². The first kappa shape index (κ1) is 13.8. The highest BCUT2D eigenvalue weighted by molar-refractivity contribution is 5.78. The molecule has 0 unspecified atom stereocenters. The molecular formula is C16H15N3O. The molecule has 0 aliphatic carbocycles. The lowest BCUT2D eigenvalue weighted by atomic mass is 10.1. The molecule has 0 saturated heterocycles. The number of carbonyl (C=O) groups excluding carboxylic acids is 1. The van der Waals surface area contributed by atoms with Crippen LogP contribution in [0.5, 0.6) is 0 Å². The van der Waals surface area contributed by atoms with Crippen LogP contribution in [0.25, 0.3) is 0 Å². The molecule has 1 aromatic carbocycles. The Balaban J connectivity index is 1.89. The van der Waals surface area contributed by atoms with E-state index < -0.39 is 0 Å². The van der Waals surface area contributed by atoms with E-state index in [1.54, 1.807) is 30.5 Å². The molecule has 0 bridgehead atoms.